The molecule has 1 amide bonds. The van der Waals surface area contributed by atoms with Gasteiger partial charge in [0.15, 0.2) is 0 Å². The van der Waals surface area contributed by atoms with Crippen LogP contribution in [-0.2, 0) is 4.74 Å². The maximum atomic E-state index is 12.1. The molecule has 0 bridgehead atoms. The molecule has 0 saturated carbocycles. The van der Waals surface area contributed by atoms with E-state index >= 15 is 0 Å². The number of hydrogen-bond acceptors (Lipinski definition) is 4. The summed E-state index contributed by atoms with van der Waals surface area (Å²) in [6.45, 7) is 5.72. The monoisotopic (exact) mass is 381 g/mol. The van der Waals surface area contributed by atoms with Crippen molar-refractivity contribution in [3.8, 4) is 0 Å². The first-order chi connectivity index (χ1) is 11.2. The van der Waals surface area contributed by atoms with Crippen molar-refractivity contribution in [3.63, 3.8) is 0 Å². The number of nitrogens with one attached hydrogen (secondary N) is 1. The van der Waals surface area contributed by atoms with E-state index < -0.39 is 0 Å². The molecule has 1 fully saturated rings. The first kappa shape index (κ1) is 16.6. The molecule has 0 unspecified atom stereocenters. The SMILES string of the molecule is CCOC(=O)N1CC[C@H]2[C@@H](C1)c1cccc(Br)c1N2CCNC. The smallest absolute Gasteiger partial charge is 0.409 e. The second-order valence-electron chi connectivity index (χ2n) is 6.08. The van der Waals surface area contributed by atoms with Crippen LogP contribution >= 0.6 is 15.9 Å². The highest BCUT2D eigenvalue weighted by molar-refractivity contribution is 9.10. The zero-order valence-electron chi connectivity index (χ0n) is 13.7. The number of amides is 1. The molecule has 1 saturated heterocycles. The van der Waals surface area contributed by atoms with E-state index in [1.807, 2.05) is 18.9 Å². The number of piperidine rings is 1. The second-order valence-corrected chi connectivity index (χ2v) is 6.94. The highest BCUT2D eigenvalue weighted by Gasteiger charge is 2.43. The highest BCUT2D eigenvalue weighted by atomic mass is 79.9. The lowest BCUT2D eigenvalue weighted by atomic mass is 9.89. The lowest BCUT2D eigenvalue weighted by Gasteiger charge is -2.38. The molecule has 5 nitrogen and oxygen atoms in total. The Bertz CT molecular complexity index is 581. The van der Waals surface area contributed by atoms with E-state index in [0.717, 1.165) is 37.1 Å². The van der Waals surface area contributed by atoms with Crippen LogP contribution in [0, 0.1) is 0 Å². The number of fused-ring (bicyclic) bond motifs is 3. The summed E-state index contributed by atoms with van der Waals surface area (Å²) in [6, 6.07) is 6.85. The zero-order chi connectivity index (χ0) is 16.4. The average Bonchev–Trinajstić information content (AvgIpc) is 2.88. The molecule has 1 aromatic rings. The Morgan fingerprint density at radius 1 is 1.48 bits per heavy atom. The quantitative estimate of drug-likeness (QED) is 0.870. The number of rotatable bonds is 4. The molecule has 0 aliphatic carbocycles. The first-order valence-electron chi connectivity index (χ1n) is 8.28. The molecular weight excluding hydrogens is 358 g/mol. The Morgan fingerprint density at radius 2 is 2.30 bits per heavy atom. The number of halogens is 1. The van der Waals surface area contributed by atoms with Gasteiger partial charge in [0.1, 0.15) is 0 Å². The Morgan fingerprint density at radius 3 is 3.04 bits per heavy atom. The van der Waals surface area contributed by atoms with Gasteiger partial charge in [0.2, 0.25) is 0 Å². The van der Waals surface area contributed by atoms with Gasteiger partial charge in [-0.2, -0.15) is 0 Å². The van der Waals surface area contributed by atoms with Crippen LogP contribution in [0.1, 0.15) is 24.8 Å². The van der Waals surface area contributed by atoms with E-state index in [2.05, 4.69) is 44.3 Å². The molecule has 2 heterocycles. The number of carbonyl (C=O) groups is 1. The van der Waals surface area contributed by atoms with Crippen molar-refractivity contribution in [3.05, 3.63) is 28.2 Å². The number of likely N-dealkylation sites (tertiary alicyclic amines) is 1. The van der Waals surface area contributed by atoms with E-state index in [9.17, 15) is 4.79 Å². The van der Waals surface area contributed by atoms with Crippen molar-refractivity contribution in [1.82, 2.24) is 10.2 Å². The second kappa shape index (κ2) is 7.09. The molecule has 2 aliphatic rings. The zero-order valence-corrected chi connectivity index (χ0v) is 15.3. The lowest BCUT2D eigenvalue weighted by molar-refractivity contribution is 0.0934. The first-order valence-corrected chi connectivity index (χ1v) is 9.08. The topological polar surface area (TPSA) is 44.8 Å². The Balaban J connectivity index is 1.87. The third-order valence-electron chi connectivity index (χ3n) is 4.81. The summed E-state index contributed by atoms with van der Waals surface area (Å²) in [5, 5.41) is 3.24. The molecule has 1 N–H and O–H groups in total. The summed E-state index contributed by atoms with van der Waals surface area (Å²) in [5.41, 5.74) is 2.64. The number of carbonyl (C=O) groups excluding carboxylic acids is 1. The van der Waals surface area contributed by atoms with Crippen LogP contribution in [0.4, 0.5) is 10.5 Å². The van der Waals surface area contributed by atoms with Gasteiger partial charge >= 0.3 is 6.09 Å². The van der Waals surface area contributed by atoms with Crippen molar-refractivity contribution in [2.75, 3.05) is 44.7 Å². The fourth-order valence-corrected chi connectivity index (χ4v) is 4.42. The molecule has 2 atom stereocenters. The van der Waals surface area contributed by atoms with Gasteiger partial charge in [-0.05, 0) is 48.0 Å². The standard InChI is InChI=1S/C17H24BrN3O2/c1-3-23-17(22)20-9-7-15-13(11-20)12-5-4-6-14(18)16(12)21(15)10-8-19-2/h4-6,13,15,19H,3,7-11H2,1-2H3/t13-,15-/m0/s1. The van der Waals surface area contributed by atoms with E-state index in [-0.39, 0.29) is 6.09 Å². The molecule has 1 aromatic carbocycles. The summed E-state index contributed by atoms with van der Waals surface area (Å²) in [4.78, 5) is 16.5. The van der Waals surface area contributed by atoms with Crippen molar-refractivity contribution >= 4 is 27.7 Å². The van der Waals surface area contributed by atoms with Gasteiger partial charge in [-0.1, -0.05) is 12.1 Å². The molecule has 0 aromatic heterocycles. The van der Waals surface area contributed by atoms with Crippen molar-refractivity contribution in [2.24, 2.45) is 0 Å². The summed E-state index contributed by atoms with van der Waals surface area (Å²) in [5.74, 6) is 0.359. The van der Waals surface area contributed by atoms with E-state index in [1.54, 1.807) is 0 Å². The van der Waals surface area contributed by atoms with Crippen LogP contribution in [0.15, 0.2) is 22.7 Å². The summed E-state index contributed by atoms with van der Waals surface area (Å²) in [6.07, 6.45) is 0.796. The van der Waals surface area contributed by atoms with Crippen molar-refractivity contribution in [1.29, 1.82) is 0 Å². The third kappa shape index (κ3) is 3.06. The van der Waals surface area contributed by atoms with Crippen molar-refractivity contribution < 1.29 is 9.53 Å². The molecule has 23 heavy (non-hydrogen) atoms. The largest absolute Gasteiger partial charge is 0.450 e. The number of likely N-dealkylation sites (N-methyl/N-ethyl adjacent to an activating group) is 1. The van der Waals surface area contributed by atoms with Gasteiger partial charge in [0, 0.05) is 42.6 Å². The molecule has 0 radical (unpaired) electrons. The maximum absolute atomic E-state index is 12.1. The van der Waals surface area contributed by atoms with Gasteiger partial charge < -0.3 is 19.9 Å². The molecule has 2 aliphatic heterocycles. The summed E-state index contributed by atoms with van der Waals surface area (Å²) in [7, 11) is 1.98. The van der Waals surface area contributed by atoms with Crippen LogP contribution in [-0.4, -0.2) is 56.9 Å². The molecule has 126 valence electrons. The van der Waals surface area contributed by atoms with Crippen molar-refractivity contribution in [2.45, 2.75) is 25.3 Å². The predicted molar refractivity (Wildman–Crippen MR) is 95.2 cm³/mol. The Hall–Kier alpha value is -1.27. The van der Waals surface area contributed by atoms with Crippen LogP contribution < -0.4 is 10.2 Å². The van der Waals surface area contributed by atoms with Gasteiger partial charge in [-0.25, -0.2) is 4.79 Å². The Kier molecular flexibility index (Phi) is 5.11. The van der Waals surface area contributed by atoms with Crippen LogP contribution in [0.3, 0.4) is 0 Å². The average molecular weight is 382 g/mol. The van der Waals surface area contributed by atoms with Crippen LogP contribution in [0.2, 0.25) is 0 Å². The van der Waals surface area contributed by atoms with E-state index in [4.69, 9.17) is 4.74 Å². The van der Waals surface area contributed by atoms with Crippen LogP contribution in [0.25, 0.3) is 0 Å². The minimum atomic E-state index is -0.184. The number of anilines is 1. The van der Waals surface area contributed by atoms with E-state index in [1.165, 1.54) is 11.3 Å². The summed E-state index contributed by atoms with van der Waals surface area (Å²) < 4.78 is 6.33. The molecular formula is C17H24BrN3O2. The van der Waals surface area contributed by atoms with Gasteiger partial charge in [-0.3, -0.25) is 0 Å². The van der Waals surface area contributed by atoms with Gasteiger partial charge in [0.25, 0.3) is 0 Å². The lowest BCUT2D eigenvalue weighted by Crippen LogP contribution is -2.49. The molecule has 3 rings (SSSR count). The molecule has 6 heteroatoms. The number of nitrogens with zero attached hydrogens (tertiary/aromatic N) is 2. The molecule has 0 spiro atoms. The highest BCUT2D eigenvalue weighted by Crippen LogP contribution is 2.47. The van der Waals surface area contributed by atoms with Gasteiger partial charge in [0.05, 0.1) is 12.3 Å². The van der Waals surface area contributed by atoms with Gasteiger partial charge in [-0.15, -0.1) is 0 Å². The number of benzene rings is 1. The maximum Gasteiger partial charge on any atom is 0.409 e. The fourth-order valence-electron chi connectivity index (χ4n) is 3.81. The number of ether oxygens (including phenoxy) is 1. The number of hydrogen-bond donors (Lipinski definition) is 1. The minimum Gasteiger partial charge on any atom is -0.450 e. The third-order valence-corrected chi connectivity index (χ3v) is 5.45. The Labute approximate surface area is 146 Å². The van der Waals surface area contributed by atoms with E-state index in [0.29, 0.717) is 18.6 Å². The summed E-state index contributed by atoms with van der Waals surface area (Å²) >= 11 is 3.72. The minimum absolute atomic E-state index is 0.184. The van der Waals surface area contributed by atoms with Crippen LogP contribution in [0.5, 0.6) is 0 Å². The fraction of sp³-hybridized carbons (Fsp3) is 0.588. The normalized spacial score (nSPS) is 22.7. The number of para-hydroxylation sites is 1. The predicted octanol–water partition coefficient (Wildman–Crippen LogP) is 2.80.